The second-order valence-corrected chi connectivity index (χ2v) is 15.3. The summed E-state index contributed by atoms with van der Waals surface area (Å²) in [4.78, 5) is 14.3. The van der Waals surface area contributed by atoms with Crippen LogP contribution in [0.15, 0.2) is 224 Å². The van der Waals surface area contributed by atoms with Crippen molar-refractivity contribution in [2.75, 3.05) is 0 Å². The highest BCUT2D eigenvalue weighted by molar-refractivity contribution is 6.16. The number of allylic oxidation sites excluding steroid dienone is 4. The number of aromatic nitrogens is 2. The maximum atomic E-state index is 6.33. The highest BCUT2D eigenvalue weighted by atomic mass is 16.3. The van der Waals surface area contributed by atoms with E-state index in [9.17, 15) is 0 Å². The highest BCUT2D eigenvalue weighted by Gasteiger charge is 2.19. The molecule has 0 aliphatic carbocycles. The smallest absolute Gasteiger partial charge is 0.157 e. The van der Waals surface area contributed by atoms with Crippen LogP contribution in [0.25, 0.3) is 66.4 Å². The molecule has 0 aliphatic rings. The Hall–Kier alpha value is -7.95. The average Bonchev–Trinajstić information content (AvgIpc) is 3.66. The zero-order chi connectivity index (χ0) is 43.0. The lowest BCUT2D eigenvalue weighted by molar-refractivity contribution is 0.602. The molecular weight excluding hydrogens is 755 g/mol. The van der Waals surface area contributed by atoms with Gasteiger partial charge in [0.25, 0.3) is 0 Å². The van der Waals surface area contributed by atoms with Crippen LogP contribution in [0.5, 0.6) is 0 Å². The Balaban J connectivity index is 0.000000172. The molecular formula is C58H47N3O. The Bertz CT molecular complexity index is 3090. The molecule has 0 saturated heterocycles. The quantitative estimate of drug-likeness (QED) is 0.102. The summed E-state index contributed by atoms with van der Waals surface area (Å²) in [5.41, 5.74) is 15.8. The highest BCUT2D eigenvalue weighted by Crippen LogP contribution is 2.31. The fourth-order valence-corrected chi connectivity index (χ4v) is 7.45. The summed E-state index contributed by atoms with van der Waals surface area (Å²) in [5, 5.41) is 3.39. The van der Waals surface area contributed by atoms with Gasteiger partial charge in [-0.1, -0.05) is 183 Å². The van der Waals surface area contributed by atoms with Gasteiger partial charge in [-0.15, -0.1) is 0 Å². The lowest BCUT2D eigenvalue weighted by Crippen LogP contribution is -2.05. The van der Waals surface area contributed by atoms with Gasteiger partial charge >= 0.3 is 0 Å². The van der Waals surface area contributed by atoms with Crippen molar-refractivity contribution < 1.29 is 4.42 Å². The molecule has 0 atom stereocenters. The van der Waals surface area contributed by atoms with Crippen LogP contribution in [-0.2, 0) is 0 Å². The fourth-order valence-electron chi connectivity index (χ4n) is 7.45. The maximum absolute atomic E-state index is 6.33. The number of aryl methyl sites for hydroxylation is 1. The van der Waals surface area contributed by atoms with E-state index in [0.717, 1.165) is 94.9 Å². The molecule has 6 aromatic carbocycles. The van der Waals surface area contributed by atoms with Gasteiger partial charge < -0.3 is 4.42 Å². The Labute approximate surface area is 364 Å². The van der Waals surface area contributed by atoms with Gasteiger partial charge in [0.05, 0.1) is 17.1 Å². The molecule has 0 saturated carbocycles. The molecule has 4 heteroatoms. The molecule has 0 fully saturated rings. The second-order valence-electron chi connectivity index (χ2n) is 15.3. The number of benzene rings is 6. The number of fused-ring (bicyclic) bond motifs is 2. The van der Waals surface area contributed by atoms with Crippen molar-refractivity contribution >= 4 is 49.9 Å². The van der Waals surface area contributed by atoms with Crippen LogP contribution in [-0.4, -0.2) is 15.7 Å². The van der Waals surface area contributed by atoms with Crippen LogP contribution in [0.1, 0.15) is 53.2 Å². The number of para-hydroxylation sites is 1. The van der Waals surface area contributed by atoms with Crippen LogP contribution >= 0.6 is 0 Å². The molecule has 62 heavy (non-hydrogen) atoms. The van der Waals surface area contributed by atoms with E-state index in [2.05, 4.69) is 128 Å². The summed E-state index contributed by atoms with van der Waals surface area (Å²) in [6.07, 6.45) is 5.85. The van der Waals surface area contributed by atoms with Crippen molar-refractivity contribution in [3.63, 3.8) is 0 Å². The third-order valence-electron chi connectivity index (χ3n) is 10.9. The SMILES string of the molecule is C=C(/C=C(\C)c1ccc(-c2ccccc2)cn1)c1ccc(-c2ccccc2)cn1.C=C(C)c1ccc(C(=NC(=C)c2cccc3ccccc23)c2oc3ccccc3c2C)cc1. The number of hydrogen-bond acceptors (Lipinski definition) is 4. The zero-order valence-corrected chi connectivity index (χ0v) is 35.3. The van der Waals surface area contributed by atoms with Gasteiger partial charge in [-0.25, -0.2) is 4.99 Å². The molecule has 3 aromatic heterocycles. The van der Waals surface area contributed by atoms with E-state index >= 15 is 0 Å². The number of aliphatic imine (C=N–C) groups is 1. The van der Waals surface area contributed by atoms with Crippen molar-refractivity contribution in [2.45, 2.75) is 20.8 Å². The lowest BCUT2D eigenvalue weighted by Gasteiger charge is -2.11. The number of pyridine rings is 2. The van der Waals surface area contributed by atoms with Gasteiger partial charge in [0.15, 0.2) is 5.76 Å². The molecule has 3 heterocycles. The van der Waals surface area contributed by atoms with Crippen molar-refractivity contribution in [3.8, 4) is 22.3 Å². The Morgan fingerprint density at radius 1 is 0.532 bits per heavy atom. The van der Waals surface area contributed by atoms with Crippen LogP contribution in [0.2, 0.25) is 0 Å². The Kier molecular flexibility index (Phi) is 12.2. The van der Waals surface area contributed by atoms with Crippen molar-refractivity contribution in [2.24, 2.45) is 4.99 Å². The molecule has 9 aromatic rings. The fraction of sp³-hybridized carbons (Fsp3) is 0.0517. The number of furan rings is 1. The van der Waals surface area contributed by atoms with E-state index in [1.807, 2.05) is 117 Å². The van der Waals surface area contributed by atoms with Crippen LogP contribution in [0, 0.1) is 6.92 Å². The van der Waals surface area contributed by atoms with Gasteiger partial charge in [0, 0.05) is 45.6 Å². The summed E-state index contributed by atoms with van der Waals surface area (Å²) >= 11 is 0. The predicted octanol–water partition coefficient (Wildman–Crippen LogP) is 15.4. The second kappa shape index (κ2) is 18.5. The van der Waals surface area contributed by atoms with E-state index < -0.39 is 0 Å². The summed E-state index contributed by atoms with van der Waals surface area (Å²) in [5.74, 6) is 0.765. The van der Waals surface area contributed by atoms with E-state index in [4.69, 9.17) is 9.41 Å². The first-order valence-electron chi connectivity index (χ1n) is 20.6. The lowest BCUT2D eigenvalue weighted by atomic mass is 9.99. The standard InChI is InChI=1S/C31H25NO.C27H22N2/c1-20(2)23-16-18-25(19-17-23)30(31-21(3)26-12-7-8-15-29(26)33-31)32-22(4)27-14-9-11-24-10-5-6-13-28(24)27;1-20(26-15-13-24(18-28-26)22-9-5-3-6-10-22)17-21(2)27-16-14-25(19-29-27)23-11-7-4-8-12-23/h5-19H,1,4H2,2-3H3;3-19H,1H2,2H3/b;21-17+. The van der Waals surface area contributed by atoms with Gasteiger partial charge in [0.2, 0.25) is 0 Å². The van der Waals surface area contributed by atoms with Crippen LogP contribution < -0.4 is 0 Å². The zero-order valence-electron chi connectivity index (χ0n) is 35.3. The van der Waals surface area contributed by atoms with E-state index in [-0.39, 0.29) is 0 Å². The average molecular weight is 802 g/mol. The summed E-state index contributed by atoms with van der Waals surface area (Å²) < 4.78 is 6.33. The summed E-state index contributed by atoms with van der Waals surface area (Å²) in [6, 6.07) is 59.7. The minimum Gasteiger partial charge on any atom is -0.454 e. The third kappa shape index (κ3) is 9.11. The van der Waals surface area contributed by atoms with Gasteiger partial charge in [-0.3, -0.25) is 9.97 Å². The first kappa shape index (κ1) is 40.8. The largest absolute Gasteiger partial charge is 0.454 e. The molecule has 0 radical (unpaired) electrons. The number of nitrogens with zero attached hydrogens (tertiary/aromatic N) is 3. The van der Waals surface area contributed by atoms with E-state index in [1.165, 1.54) is 10.9 Å². The van der Waals surface area contributed by atoms with Crippen molar-refractivity contribution in [3.05, 3.63) is 254 Å². The molecule has 0 amide bonds. The van der Waals surface area contributed by atoms with Crippen molar-refractivity contribution in [1.82, 2.24) is 9.97 Å². The Morgan fingerprint density at radius 3 is 1.68 bits per heavy atom. The number of hydrogen-bond donors (Lipinski definition) is 0. The normalized spacial score (nSPS) is 11.5. The first-order chi connectivity index (χ1) is 30.2. The molecule has 0 N–H and O–H groups in total. The molecule has 300 valence electrons. The van der Waals surface area contributed by atoms with Gasteiger partial charge in [-0.05, 0) is 83.7 Å². The maximum Gasteiger partial charge on any atom is 0.157 e. The summed E-state index contributed by atoms with van der Waals surface area (Å²) in [6.45, 7) is 18.7. The van der Waals surface area contributed by atoms with Crippen LogP contribution in [0.3, 0.4) is 0 Å². The Morgan fingerprint density at radius 2 is 1.08 bits per heavy atom. The first-order valence-corrected chi connectivity index (χ1v) is 20.6. The molecule has 0 unspecified atom stereocenters. The van der Waals surface area contributed by atoms with Gasteiger partial charge in [0.1, 0.15) is 11.3 Å². The van der Waals surface area contributed by atoms with E-state index in [1.54, 1.807) is 0 Å². The molecule has 0 spiro atoms. The summed E-state index contributed by atoms with van der Waals surface area (Å²) in [7, 11) is 0. The molecule has 9 rings (SSSR count). The minimum absolute atomic E-state index is 0.700. The topological polar surface area (TPSA) is 51.3 Å². The molecule has 0 aliphatic heterocycles. The third-order valence-corrected chi connectivity index (χ3v) is 10.9. The van der Waals surface area contributed by atoms with E-state index in [0.29, 0.717) is 5.70 Å². The predicted molar refractivity (Wildman–Crippen MR) is 263 cm³/mol. The molecule has 4 nitrogen and oxygen atoms in total. The van der Waals surface area contributed by atoms with Gasteiger partial charge in [-0.2, -0.15) is 0 Å². The molecule has 0 bridgehead atoms. The minimum atomic E-state index is 0.700. The van der Waals surface area contributed by atoms with Crippen molar-refractivity contribution in [1.29, 1.82) is 0 Å². The number of rotatable bonds is 10. The van der Waals surface area contributed by atoms with Crippen LogP contribution in [0.4, 0.5) is 0 Å². The monoisotopic (exact) mass is 801 g/mol.